The summed E-state index contributed by atoms with van der Waals surface area (Å²) in [7, 11) is -0.486. The number of para-hydroxylation sites is 2. The van der Waals surface area contributed by atoms with Crippen molar-refractivity contribution >= 4 is 7.12 Å². The lowest BCUT2D eigenvalue weighted by atomic mass is 9.90. The van der Waals surface area contributed by atoms with Gasteiger partial charge in [-0.3, -0.25) is 0 Å². The van der Waals surface area contributed by atoms with Crippen LogP contribution in [-0.2, 0) is 0 Å². The van der Waals surface area contributed by atoms with Crippen molar-refractivity contribution < 1.29 is 9.31 Å². The molecule has 0 N–H and O–H groups in total. The first-order valence-electron chi connectivity index (χ1n) is 5.44. The third-order valence-electron chi connectivity index (χ3n) is 2.18. The van der Waals surface area contributed by atoms with Crippen LogP contribution in [0.5, 0.6) is 11.5 Å². The zero-order chi connectivity index (χ0) is 11.9. The van der Waals surface area contributed by atoms with Crippen LogP contribution in [0.2, 0.25) is 0 Å². The number of hydrogen-bond acceptors (Lipinski definition) is 2. The van der Waals surface area contributed by atoms with E-state index in [2.05, 4.69) is 6.58 Å². The van der Waals surface area contributed by atoms with Gasteiger partial charge in [0.2, 0.25) is 0 Å². The van der Waals surface area contributed by atoms with E-state index in [-0.39, 0.29) is 0 Å². The topological polar surface area (TPSA) is 18.5 Å². The van der Waals surface area contributed by atoms with E-state index in [4.69, 9.17) is 9.31 Å². The van der Waals surface area contributed by atoms with E-state index in [9.17, 15) is 0 Å². The summed E-state index contributed by atoms with van der Waals surface area (Å²) in [6.45, 7) is 3.70. The first kappa shape index (κ1) is 11.3. The van der Waals surface area contributed by atoms with E-state index in [1.165, 1.54) is 0 Å². The average Bonchev–Trinajstić information content (AvgIpc) is 2.40. The molecular weight excluding hydrogens is 211 g/mol. The molecule has 0 amide bonds. The predicted molar refractivity (Wildman–Crippen MR) is 70.1 cm³/mol. The second-order valence-electron chi connectivity index (χ2n) is 3.47. The Bertz CT molecular complexity index is 415. The first-order valence-corrected chi connectivity index (χ1v) is 5.44. The Morgan fingerprint density at radius 1 is 0.765 bits per heavy atom. The summed E-state index contributed by atoms with van der Waals surface area (Å²) in [5.41, 5.74) is 0. The molecule has 0 saturated carbocycles. The fourth-order valence-corrected chi connectivity index (χ4v) is 1.39. The van der Waals surface area contributed by atoms with Gasteiger partial charge in [-0.15, -0.1) is 6.58 Å². The third kappa shape index (κ3) is 3.42. The molecule has 0 radical (unpaired) electrons. The van der Waals surface area contributed by atoms with Crippen LogP contribution in [0.4, 0.5) is 0 Å². The quantitative estimate of drug-likeness (QED) is 0.725. The maximum absolute atomic E-state index is 5.63. The van der Waals surface area contributed by atoms with Crippen LogP contribution >= 0.6 is 0 Å². The molecule has 3 heteroatoms. The van der Waals surface area contributed by atoms with Crippen molar-refractivity contribution in [3.8, 4) is 11.5 Å². The van der Waals surface area contributed by atoms with Crippen LogP contribution in [0.3, 0.4) is 0 Å². The molecule has 0 heterocycles. The second-order valence-corrected chi connectivity index (χ2v) is 3.47. The minimum Gasteiger partial charge on any atom is -0.522 e. The highest BCUT2D eigenvalue weighted by Crippen LogP contribution is 2.14. The normalized spacial score (nSPS) is 9.41. The summed E-state index contributed by atoms with van der Waals surface area (Å²) in [6, 6.07) is 19.1. The van der Waals surface area contributed by atoms with Gasteiger partial charge in [-0.1, -0.05) is 36.4 Å². The summed E-state index contributed by atoms with van der Waals surface area (Å²) in [5, 5.41) is 0. The fraction of sp³-hybridized carbons (Fsp3) is 0. The molecule has 2 aromatic carbocycles. The Kier molecular flexibility index (Phi) is 3.87. The minimum atomic E-state index is -0.486. The molecule has 0 spiro atoms. The van der Waals surface area contributed by atoms with Crippen LogP contribution in [-0.4, -0.2) is 7.12 Å². The van der Waals surface area contributed by atoms with E-state index in [1.807, 2.05) is 60.7 Å². The Balaban J connectivity index is 2.01. The molecule has 0 aromatic heterocycles. The van der Waals surface area contributed by atoms with Gasteiger partial charge >= 0.3 is 7.12 Å². The molecular formula is C14H13BO2. The molecule has 84 valence electrons. The van der Waals surface area contributed by atoms with E-state index in [0.717, 1.165) is 11.5 Å². The molecule has 2 nitrogen and oxygen atoms in total. The highest BCUT2D eigenvalue weighted by Gasteiger charge is 2.17. The molecule has 0 bridgehead atoms. The Morgan fingerprint density at radius 2 is 1.18 bits per heavy atom. The highest BCUT2D eigenvalue weighted by molar-refractivity contribution is 6.52. The van der Waals surface area contributed by atoms with Crippen LogP contribution in [0, 0.1) is 0 Å². The zero-order valence-corrected chi connectivity index (χ0v) is 9.45. The summed E-state index contributed by atoms with van der Waals surface area (Å²) in [6.07, 6.45) is 0. The van der Waals surface area contributed by atoms with Gasteiger partial charge in [-0.05, 0) is 30.2 Å². The first-order chi connectivity index (χ1) is 8.38. The lowest BCUT2D eigenvalue weighted by Gasteiger charge is -2.13. The Hall–Kier alpha value is -2.16. The van der Waals surface area contributed by atoms with Crippen LogP contribution in [0.1, 0.15) is 0 Å². The highest BCUT2D eigenvalue weighted by atomic mass is 16.6. The molecule has 0 aliphatic rings. The second kappa shape index (κ2) is 5.80. The maximum Gasteiger partial charge on any atom is 0.624 e. The fourth-order valence-electron chi connectivity index (χ4n) is 1.39. The average molecular weight is 224 g/mol. The van der Waals surface area contributed by atoms with Crippen molar-refractivity contribution in [1.29, 1.82) is 0 Å². The molecule has 0 unspecified atom stereocenters. The standard InChI is InChI=1S/C14H13BO2/c1-2-15(16-13-9-5-3-6-10-13)17-14-11-7-4-8-12-14/h2-12H,1H2. The molecule has 0 saturated heterocycles. The van der Waals surface area contributed by atoms with Crippen molar-refractivity contribution in [2.45, 2.75) is 0 Å². The van der Waals surface area contributed by atoms with Gasteiger partial charge in [0.25, 0.3) is 0 Å². The molecule has 0 aliphatic carbocycles. The van der Waals surface area contributed by atoms with E-state index in [1.54, 1.807) is 5.98 Å². The van der Waals surface area contributed by atoms with Gasteiger partial charge in [-0.25, -0.2) is 0 Å². The van der Waals surface area contributed by atoms with Crippen molar-refractivity contribution in [2.75, 3.05) is 0 Å². The van der Waals surface area contributed by atoms with Crippen molar-refractivity contribution in [2.24, 2.45) is 0 Å². The predicted octanol–water partition coefficient (Wildman–Crippen LogP) is 3.36. The molecule has 2 rings (SSSR count). The lowest BCUT2D eigenvalue weighted by Crippen LogP contribution is -2.27. The Morgan fingerprint density at radius 3 is 1.53 bits per heavy atom. The largest absolute Gasteiger partial charge is 0.624 e. The summed E-state index contributed by atoms with van der Waals surface area (Å²) < 4.78 is 11.3. The third-order valence-corrected chi connectivity index (χ3v) is 2.18. The molecule has 2 aromatic rings. The monoisotopic (exact) mass is 224 g/mol. The van der Waals surface area contributed by atoms with E-state index >= 15 is 0 Å². The van der Waals surface area contributed by atoms with Gasteiger partial charge in [-0.2, -0.15) is 0 Å². The number of benzene rings is 2. The Labute approximate surface area is 102 Å². The van der Waals surface area contributed by atoms with Gasteiger partial charge in [0.15, 0.2) is 0 Å². The molecule has 0 atom stereocenters. The van der Waals surface area contributed by atoms with Gasteiger partial charge in [0.1, 0.15) is 11.5 Å². The van der Waals surface area contributed by atoms with Crippen LogP contribution in [0.25, 0.3) is 0 Å². The minimum absolute atomic E-state index is 0.486. The maximum atomic E-state index is 5.63. The van der Waals surface area contributed by atoms with Gasteiger partial charge < -0.3 is 9.31 Å². The summed E-state index contributed by atoms with van der Waals surface area (Å²) in [5.74, 6) is 3.14. The zero-order valence-electron chi connectivity index (χ0n) is 9.45. The summed E-state index contributed by atoms with van der Waals surface area (Å²) in [4.78, 5) is 0. The van der Waals surface area contributed by atoms with Crippen LogP contribution < -0.4 is 9.31 Å². The lowest BCUT2D eigenvalue weighted by molar-refractivity contribution is 0.438. The van der Waals surface area contributed by atoms with Gasteiger partial charge in [0.05, 0.1) is 0 Å². The van der Waals surface area contributed by atoms with Gasteiger partial charge in [0, 0.05) is 0 Å². The SMILES string of the molecule is C=CB(Oc1ccccc1)Oc1ccccc1. The van der Waals surface area contributed by atoms with E-state index < -0.39 is 7.12 Å². The van der Waals surface area contributed by atoms with Crippen molar-refractivity contribution in [3.63, 3.8) is 0 Å². The molecule has 0 aliphatic heterocycles. The number of hydrogen-bond donors (Lipinski definition) is 0. The molecule has 0 fully saturated rings. The molecule has 17 heavy (non-hydrogen) atoms. The number of rotatable bonds is 5. The van der Waals surface area contributed by atoms with Crippen molar-refractivity contribution in [3.05, 3.63) is 73.2 Å². The van der Waals surface area contributed by atoms with Crippen molar-refractivity contribution in [1.82, 2.24) is 0 Å². The van der Waals surface area contributed by atoms with Crippen LogP contribution in [0.15, 0.2) is 73.2 Å². The van der Waals surface area contributed by atoms with E-state index in [0.29, 0.717) is 0 Å². The summed E-state index contributed by atoms with van der Waals surface area (Å²) >= 11 is 0. The smallest absolute Gasteiger partial charge is 0.522 e.